The molecule has 0 bridgehead atoms. The van der Waals surface area contributed by atoms with E-state index in [0.29, 0.717) is 23.9 Å². The summed E-state index contributed by atoms with van der Waals surface area (Å²) in [5, 5.41) is 3.63. The molecule has 20 heavy (non-hydrogen) atoms. The number of hydrogen-bond donors (Lipinski definition) is 1. The van der Waals surface area contributed by atoms with Crippen LogP contribution < -0.4 is 15.2 Å². The topological polar surface area (TPSA) is 70.5 Å². The molecule has 0 aliphatic heterocycles. The number of nitrogens with two attached hydrogens (primary N) is 1. The van der Waals surface area contributed by atoms with Crippen LogP contribution in [0.25, 0.3) is 0 Å². The lowest BCUT2D eigenvalue weighted by Crippen LogP contribution is -2.21. The summed E-state index contributed by atoms with van der Waals surface area (Å²) in [7, 11) is 1.63. The Hall–Kier alpha value is -2.01. The Morgan fingerprint density at radius 1 is 1.30 bits per heavy atom. The van der Waals surface area contributed by atoms with Gasteiger partial charge in [-0.15, -0.1) is 0 Å². The SMILES string of the molecule is CCC(N)Cc1ccc(OCc2ccno2)c(OC)c1. The van der Waals surface area contributed by atoms with Gasteiger partial charge in [-0.2, -0.15) is 0 Å². The van der Waals surface area contributed by atoms with Gasteiger partial charge in [-0.25, -0.2) is 0 Å². The fourth-order valence-corrected chi connectivity index (χ4v) is 1.87. The summed E-state index contributed by atoms with van der Waals surface area (Å²) in [6, 6.07) is 7.80. The van der Waals surface area contributed by atoms with Gasteiger partial charge >= 0.3 is 0 Å². The molecule has 0 saturated carbocycles. The number of methoxy groups -OCH3 is 1. The summed E-state index contributed by atoms with van der Waals surface area (Å²) in [6.07, 6.45) is 3.37. The van der Waals surface area contributed by atoms with Crippen molar-refractivity contribution in [2.75, 3.05) is 7.11 Å². The summed E-state index contributed by atoms with van der Waals surface area (Å²) in [6.45, 7) is 2.40. The van der Waals surface area contributed by atoms with Gasteiger partial charge in [0, 0.05) is 12.1 Å². The van der Waals surface area contributed by atoms with E-state index in [0.717, 1.165) is 18.4 Å². The molecule has 2 N–H and O–H groups in total. The highest BCUT2D eigenvalue weighted by Crippen LogP contribution is 2.29. The number of rotatable bonds is 7. The van der Waals surface area contributed by atoms with Crippen LogP contribution in [0.2, 0.25) is 0 Å². The minimum absolute atomic E-state index is 0.167. The molecular weight excluding hydrogens is 256 g/mol. The van der Waals surface area contributed by atoms with Gasteiger partial charge in [0.05, 0.1) is 13.3 Å². The van der Waals surface area contributed by atoms with Gasteiger partial charge in [0.25, 0.3) is 0 Å². The average Bonchev–Trinajstić information content (AvgIpc) is 2.98. The number of nitrogens with zero attached hydrogens (tertiary/aromatic N) is 1. The average molecular weight is 276 g/mol. The Morgan fingerprint density at radius 3 is 2.80 bits per heavy atom. The third-order valence-electron chi connectivity index (χ3n) is 3.11. The molecule has 2 rings (SSSR count). The van der Waals surface area contributed by atoms with Crippen molar-refractivity contribution >= 4 is 0 Å². The summed E-state index contributed by atoms with van der Waals surface area (Å²) >= 11 is 0. The van der Waals surface area contributed by atoms with Crippen LogP contribution in [0.3, 0.4) is 0 Å². The van der Waals surface area contributed by atoms with Crippen LogP contribution in [0.5, 0.6) is 11.5 Å². The maximum atomic E-state index is 5.97. The van der Waals surface area contributed by atoms with E-state index in [2.05, 4.69) is 12.1 Å². The van der Waals surface area contributed by atoms with E-state index >= 15 is 0 Å². The Labute approximate surface area is 118 Å². The first-order valence-corrected chi connectivity index (χ1v) is 6.67. The first-order valence-electron chi connectivity index (χ1n) is 6.67. The van der Waals surface area contributed by atoms with Crippen LogP contribution in [0, 0.1) is 0 Å². The van der Waals surface area contributed by atoms with Crippen molar-refractivity contribution < 1.29 is 14.0 Å². The second kappa shape index (κ2) is 6.96. The monoisotopic (exact) mass is 276 g/mol. The smallest absolute Gasteiger partial charge is 0.174 e. The highest BCUT2D eigenvalue weighted by atomic mass is 16.5. The van der Waals surface area contributed by atoms with Gasteiger partial charge in [0.1, 0.15) is 6.61 Å². The van der Waals surface area contributed by atoms with Crippen molar-refractivity contribution in [1.82, 2.24) is 5.16 Å². The molecular formula is C15H20N2O3. The molecule has 1 aromatic heterocycles. The summed E-state index contributed by atoms with van der Waals surface area (Å²) in [4.78, 5) is 0. The normalized spacial score (nSPS) is 12.2. The molecule has 108 valence electrons. The Balaban J connectivity index is 2.05. The van der Waals surface area contributed by atoms with E-state index in [1.54, 1.807) is 19.4 Å². The molecule has 1 heterocycles. The van der Waals surface area contributed by atoms with Crippen LogP contribution in [0.4, 0.5) is 0 Å². The number of aromatic nitrogens is 1. The molecule has 1 aromatic carbocycles. The lowest BCUT2D eigenvalue weighted by molar-refractivity contribution is 0.239. The van der Waals surface area contributed by atoms with Crippen LogP contribution in [0.1, 0.15) is 24.7 Å². The Bertz CT molecular complexity index is 526. The molecule has 5 heteroatoms. The zero-order chi connectivity index (χ0) is 14.4. The Morgan fingerprint density at radius 2 is 2.15 bits per heavy atom. The molecule has 0 spiro atoms. The lowest BCUT2D eigenvalue weighted by atomic mass is 10.0. The molecule has 0 fully saturated rings. The van der Waals surface area contributed by atoms with Crippen LogP contribution in [0.15, 0.2) is 35.0 Å². The van der Waals surface area contributed by atoms with Gasteiger partial charge in [0.2, 0.25) is 0 Å². The van der Waals surface area contributed by atoms with Crippen molar-refractivity contribution in [3.8, 4) is 11.5 Å². The first kappa shape index (κ1) is 14.4. The fraction of sp³-hybridized carbons (Fsp3) is 0.400. The van der Waals surface area contributed by atoms with E-state index in [1.807, 2.05) is 18.2 Å². The van der Waals surface area contributed by atoms with Crippen molar-refractivity contribution in [2.45, 2.75) is 32.4 Å². The Kier molecular flexibility index (Phi) is 5.01. The molecule has 1 unspecified atom stereocenters. The van der Waals surface area contributed by atoms with Crippen LogP contribution in [-0.4, -0.2) is 18.3 Å². The molecule has 0 aliphatic carbocycles. The maximum Gasteiger partial charge on any atom is 0.174 e. The maximum absolute atomic E-state index is 5.97. The van der Waals surface area contributed by atoms with E-state index in [-0.39, 0.29) is 6.04 Å². The third-order valence-corrected chi connectivity index (χ3v) is 3.11. The van der Waals surface area contributed by atoms with E-state index in [4.69, 9.17) is 19.7 Å². The number of benzene rings is 1. The quantitative estimate of drug-likeness (QED) is 0.841. The van der Waals surface area contributed by atoms with Gasteiger partial charge in [0.15, 0.2) is 17.3 Å². The van der Waals surface area contributed by atoms with Crippen LogP contribution in [-0.2, 0) is 13.0 Å². The minimum Gasteiger partial charge on any atom is -0.493 e. The van der Waals surface area contributed by atoms with Gasteiger partial charge in [-0.3, -0.25) is 0 Å². The lowest BCUT2D eigenvalue weighted by Gasteiger charge is -2.13. The minimum atomic E-state index is 0.167. The highest BCUT2D eigenvalue weighted by molar-refractivity contribution is 5.43. The standard InChI is InChI=1S/C15H20N2O3/c1-3-12(16)8-11-4-5-14(15(9-11)18-2)19-10-13-6-7-17-20-13/h4-7,9,12H,3,8,10,16H2,1-2H3. The van der Waals surface area contributed by atoms with Crippen molar-refractivity contribution in [3.63, 3.8) is 0 Å². The van der Waals surface area contributed by atoms with Crippen molar-refractivity contribution in [3.05, 3.63) is 41.8 Å². The van der Waals surface area contributed by atoms with E-state index in [9.17, 15) is 0 Å². The molecule has 0 radical (unpaired) electrons. The predicted molar refractivity (Wildman–Crippen MR) is 75.8 cm³/mol. The molecule has 0 aliphatic rings. The summed E-state index contributed by atoms with van der Waals surface area (Å²) in [5.74, 6) is 2.05. The largest absolute Gasteiger partial charge is 0.493 e. The van der Waals surface area contributed by atoms with E-state index < -0.39 is 0 Å². The third kappa shape index (κ3) is 3.74. The van der Waals surface area contributed by atoms with E-state index in [1.165, 1.54) is 0 Å². The first-order chi connectivity index (χ1) is 9.72. The van der Waals surface area contributed by atoms with Gasteiger partial charge < -0.3 is 19.7 Å². The van der Waals surface area contributed by atoms with Crippen molar-refractivity contribution in [2.24, 2.45) is 5.73 Å². The zero-order valence-electron chi connectivity index (χ0n) is 11.8. The van der Waals surface area contributed by atoms with Gasteiger partial charge in [-0.1, -0.05) is 18.1 Å². The molecule has 0 amide bonds. The molecule has 1 atom stereocenters. The summed E-state index contributed by atoms with van der Waals surface area (Å²) < 4.78 is 16.0. The fourth-order valence-electron chi connectivity index (χ4n) is 1.87. The number of ether oxygens (including phenoxy) is 2. The molecule has 2 aromatic rings. The molecule has 5 nitrogen and oxygen atoms in total. The predicted octanol–water partition coefficient (Wildman–Crippen LogP) is 2.54. The van der Waals surface area contributed by atoms with Gasteiger partial charge in [-0.05, 0) is 30.5 Å². The molecule has 0 saturated heterocycles. The second-order valence-corrected chi connectivity index (χ2v) is 4.63. The summed E-state index contributed by atoms with van der Waals surface area (Å²) in [5.41, 5.74) is 7.11. The van der Waals surface area contributed by atoms with Crippen LogP contribution >= 0.6 is 0 Å². The number of hydrogen-bond acceptors (Lipinski definition) is 5. The zero-order valence-corrected chi connectivity index (χ0v) is 11.8. The second-order valence-electron chi connectivity index (χ2n) is 4.63. The highest BCUT2D eigenvalue weighted by Gasteiger charge is 2.09. The van der Waals surface area contributed by atoms with Crippen molar-refractivity contribution in [1.29, 1.82) is 0 Å².